The minimum absolute atomic E-state index is 0.0531. The molecule has 2 aliphatic rings. The Bertz CT molecular complexity index is 1480. The van der Waals surface area contributed by atoms with Gasteiger partial charge >= 0.3 is 0 Å². The molecule has 0 unspecified atom stereocenters. The summed E-state index contributed by atoms with van der Waals surface area (Å²) in [5, 5.41) is 1.26. The number of hydrogen-bond donors (Lipinski definition) is 1. The summed E-state index contributed by atoms with van der Waals surface area (Å²) in [5.41, 5.74) is 5.20. The first-order chi connectivity index (χ1) is 18.4. The minimum atomic E-state index is -0.412. The topological polar surface area (TPSA) is 39.3 Å². The van der Waals surface area contributed by atoms with Crippen molar-refractivity contribution >= 4 is 22.9 Å². The molecule has 1 aliphatic heterocycles. The third-order valence-electron chi connectivity index (χ3n) is 9.01. The standard InChI is InChI=1S/C33H34FN3O/c1-36(2)32(25-13-15-26(34)16-14-25)19-21-33(22-20-32)31-28(27-10-6-7-11-29(27)35-31)18-23-37(33)30(38)17-12-24-8-4-3-5-9-24/h3-17,35H,18-23H2,1-2H3/b17-12+. The molecule has 0 saturated heterocycles. The Balaban J connectivity index is 1.41. The monoisotopic (exact) mass is 507 g/mol. The maximum Gasteiger partial charge on any atom is 0.247 e. The van der Waals surface area contributed by atoms with Crippen LogP contribution in [0.4, 0.5) is 4.39 Å². The first-order valence-electron chi connectivity index (χ1n) is 13.5. The van der Waals surface area contributed by atoms with Gasteiger partial charge in [0.05, 0.1) is 5.54 Å². The van der Waals surface area contributed by atoms with E-state index < -0.39 is 5.54 Å². The predicted octanol–water partition coefficient (Wildman–Crippen LogP) is 6.63. The molecule has 5 heteroatoms. The summed E-state index contributed by atoms with van der Waals surface area (Å²) in [6, 6.07) is 25.4. The van der Waals surface area contributed by atoms with Crippen LogP contribution >= 0.6 is 0 Å². The third kappa shape index (κ3) is 3.97. The van der Waals surface area contributed by atoms with Gasteiger partial charge in [0.25, 0.3) is 0 Å². The first kappa shape index (κ1) is 24.6. The smallest absolute Gasteiger partial charge is 0.247 e. The SMILES string of the molecule is CN(C)C1(c2ccc(F)cc2)CCC2(CC1)c1[nH]c3ccccc3c1CCN2C(=O)/C=C/c1ccccc1. The van der Waals surface area contributed by atoms with E-state index in [4.69, 9.17) is 0 Å². The fourth-order valence-corrected chi connectivity index (χ4v) is 6.92. The van der Waals surface area contributed by atoms with Gasteiger partial charge < -0.3 is 9.88 Å². The fraction of sp³-hybridized carbons (Fsp3) is 0.303. The Kier molecular flexibility index (Phi) is 6.19. The zero-order valence-corrected chi connectivity index (χ0v) is 22.1. The van der Waals surface area contributed by atoms with Crippen molar-refractivity contribution in [1.82, 2.24) is 14.8 Å². The molecular formula is C33H34FN3O. The van der Waals surface area contributed by atoms with Crippen LogP contribution in [0.1, 0.15) is 48.1 Å². The lowest BCUT2D eigenvalue weighted by atomic mass is 9.65. The Morgan fingerprint density at radius 2 is 1.61 bits per heavy atom. The van der Waals surface area contributed by atoms with Gasteiger partial charge in [0.15, 0.2) is 0 Å². The van der Waals surface area contributed by atoms with Gasteiger partial charge in [-0.15, -0.1) is 0 Å². The van der Waals surface area contributed by atoms with Gasteiger partial charge in [-0.25, -0.2) is 4.39 Å². The van der Waals surface area contributed by atoms with E-state index >= 15 is 0 Å². The van der Waals surface area contributed by atoms with Gasteiger partial charge in [-0.3, -0.25) is 9.69 Å². The predicted molar refractivity (Wildman–Crippen MR) is 151 cm³/mol. The lowest BCUT2D eigenvalue weighted by Gasteiger charge is -2.55. The van der Waals surface area contributed by atoms with Gasteiger partial charge in [0.1, 0.15) is 5.82 Å². The summed E-state index contributed by atoms with van der Waals surface area (Å²) in [5.74, 6) is -0.163. The average molecular weight is 508 g/mol. The summed E-state index contributed by atoms with van der Waals surface area (Å²) < 4.78 is 13.8. The Morgan fingerprint density at radius 3 is 2.32 bits per heavy atom. The molecule has 1 spiro atoms. The van der Waals surface area contributed by atoms with Crippen LogP contribution in [-0.2, 0) is 22.3 Å². The number of aromatic amines is 1. The molecule has 1 saturated carbocycles. The number of nitrogens with one attached hydrogen (secondary N) is 1. The van der Waals surface area contributed by atoms with Gasteiger partial charge in [0.2, 0.25) is 5.91 Å². The molecule has 194 valence electrons. The summed E-state index contributed by atoms with van der Waals surface area (Å²) >= 11 is 0. The molecule has 0 atom stereocenters. The zero-order chi connectivity index (χ0) is 26.3. The van der Waals surface area contributed by atoms with E-state index in [-0.39, 0.29) is 17.3 Å². The molecule has 6 rings (SSSR count). The normalized spacial score (nSPS) is 23.4. The number of rotatable bonds is 4. The van der Waals surface area contributed by atoms with E-state index in [0.29, 0.717) is 6.54 Å². The van der Waals surface area contributed by atoms with Crippen LogP contribution in [0, 0.1) is 5.82 Å². The van der Waals surface area contributed by atoms with E-state index in [1.54, 1.807) is 18.2 Å². The number of aromatic nitrogens is 1. The molecule has 1 fully saturated rings. The van der Waals surface area contributed by atoms with Crippen molar-refractivity contribution in [2.75, 3.05) is 20.6 Å². The highest BCUT2D eigenvalue weighted by Gasteiger charge is 2.52. The first-order valence-corrected chi connectivity index (χ1v) is 13.5. The second-order valence-electron chi connectivity index (χ2n) is 11.0. The molecule has 0 bridgehead atoms. The largest absolute Gasteiger partial charge is 0.356 e. The number of fused-ring (bicyclic) bond motifs is 4. The number of carbonyl (C=O) groups is 1. The number of hydrogen-bond acceptors (Lipinski definition) is 2. The molecule has 4 nitrogen and oxygen atoms in total. The average Bonchev–Trinajstić information content (AvgIpc) is 3.33. The number of benzene rings is 3. The van der Waals surface area contributed by atoms with E-state index in [2.05, 4.69) is 53.1 Å². The molecule has 3 aromatic carbocycles. The van der Waals surface area contributed by atoms with Crippen LogP contribution in [0.5, 0.6) is 0 Å². The molecule has 1 aromatic heterocycles. The van der Waals surface area contributed by atoms with Gasteiger partial charge in [-0.2, -0.15) is 0 Å². The maximum absolute atomic E-state index is 13.8. The lowest BCUT2D eigenvalue weighted by Crippen LogP contribution is -2.58. The Morgan fingerprint density at radius 1 is 0.921 bits per heavy atom. The van der Waals surface area contributed by atoms with E-state index in [1.807, 2.05) is 48.5 Å². The number of amides is 1. The second-order valence-corrected chi connectivity index (χ2v) is 11.0. The zero-order valence-electron chi connectivity index (χ0n) is 22.1. The summed E-state index contributed by atoms with van der Waals surface area (Å²) in [6.07, 6.45) is 7.88. The van der Waals surface area contributed by atoms with Gasteiger partial charge in [-0.05, 0) is 87.2 Å². The van der Waals surface area contributed by atoms with Gasteiger partial charge in [0, 0.05) is 34.8 Å². The third-order valence-corrected chi connectivity index (χ3v) is 9.01. The van der Waals surface area contributed by atoms with Crippen LogP contribution in [0.2, 0.25) is 0 Å². The van der Waals surface area contributed by atoms with E-state index in [1.165, 1.54) is 16.6 Å². The molecular weight excluding hydrogens is 473 g/mol. The highest BCUT2D eigenvalue weighted by atomic mass is 19.1. The number of nitrogens with zero attached hydrogens (tertiary/aromatic N) is 2. The van der Waals surface area contributed by atoms with Crippen LogP contribution in [-0.4, -0.2) is 41.3 Å². The Hall–Kier alpha value is -3.70. The van der Waals surface area contributed by atoms with Crippen LogP contribution in [0.15, 0.2) is 84.9 Å². The molecule has 1 aliphatic carbocycles. The van der Waals surface area contributed by atoms with Crippen molar-refractivity contribution in [1.29, 1.82) is 0 Å². The van der Waals surface area contributed by atoms with Crippen LogP contribution < -0.4 is 0 Å². The second kappa shape index (κ2) is 9.55. The summed E-state index contributed by atoms with van der Waals surface area (Å²) in [4.78, 5) is 22.0. The van der Waals surface area contributed by atoms with E-state index in [9.17, 15) is 9.18 Å². The van der Waals surface area contributed by atoms with Crippen LogP contribution in [0.3, 0.4) is 0 Å². The van der Waals surface area contributed by atoms with Crippen molar-refractivity contribution in [3.05, 3.63) is 113 Å². The minimum Gasteiger partial charge on any atom is -0.356 e. The Labute approximate surface area is 223 Å². The molecule has 4 aromatic rings. The molecule has 2 heterocycles. The highest BCUT2D eigenvalue weighted by molar-refractivity contribution is 5.93. The van der Waals surface area contributed by atoms with E-state index in [0.717, 1.165) is 48.7 Å². The van der Waals surface area contributed by atoms with Crippen LogP contribution in [0.25, 0.3) is 17.0 Å². The molecule has 38 heavy (non-hydrogen) atoms. The number of para-hydroxylation sites is 1. The maximum atomic E-state index is 13.8. The summed E-state index contributed by atoms with van der Waals surface area (Å²) in [7, 11) is 4.23. The van der Waals surface area contributed by atoms with Crippen molar-refractivity contribution < 1.29 is 9.18 Å². The van der Waals surface area contributed by atoms with Gasteiger partial charge in [-0.1, -0.05) is 60.7 Å². The fourth-order valence-electron chi connectivity index (χ4n) is 6.92. The lowest BCUT2D eigenvalue weighted by molar-refractivity contribution is -0.137. The van der Waals surface area contributed by atoms with Crippen molar-refractivity contribution in [3.8, 4) is 0 Å². The molecule has 1 amide bonds. The quantitative estimate of drug-likeness (QED) is 0.315. The number of H-pyrrole nitrogens is 1. The molecule has 0 radical (unpaired) electrons. The highest BCUT2D eigenvalue weighted by Crippen LogP contribution is 2.53. The number of halogens is 1. The van der Waals surface area contributed by atoms with Crippen molar-refractivity contribution in [2.45, 2.75) is 43.2 Å². The number of carbonyl (C=O) groups excluding carboxylic acids is 1. The van der Waals surface area contributed by atoms with Crippen molar-refractivity contribution in [2.24, 2.45) is 0 Å². The molecule has 1 N–H and O–H groups in total. The summed E-state index contributed by atoms with van der Waals surface area (Å²) in [6.45, 7) is 0.693. The van der Waals surface area contributed by atoms with Crippen molar-refractivity contribution in [3.63, 3.8) is 0 Å².